The zero-order valence-electron chi connectivity index (χ0n) is 13.9. The van der Waals surface area contributed by atoms with Crippen molar-refractivity contribution in [3.8, 4) is 0 Å². The Kier molecular flexibility index (Phi) is 5.09. The van der Waals surface area contributed by atoms with Crippen LogP contribution >= 0.6 is 0 Å². The maximum atomic E-state index is 13.3. The lowest BCUT2D eigenvalue weighted by molar-refractivity contribution is 0.198. The van der Waals surface area contributed by atoms with E-state index in [4.69, 9.17) is 0 Å². The van der Waals surface area contributed by atoms with Crippen molar-refractivity contribution < 1.29 is 4.39 Å². The Hall–Kier alpha value is -1.71. The zero-order valence-corrected chi connectivity index (χ0v) is 13.9. The van der Waals surface area contributed by atoms with Crippen LogP contribution in [0.25, 0.3) is 0 Å². The highest BCUT2D eigenvalue weighted by atomic mass is 19.1. The van der Waals surface area contributed by atoms with Crippen LogP contribution in [-0.2, 0) is 0 Å². The van der Waals surface area contributed by atoms with Gasteiger partial charge in [0, 0.05) is 26.2 Å². The van der Waals surface area contributed by atoms with Crippen LogP contribution in [0.1, 0.15) is 42.5 Å². The number of nitrogens with one attached hydrogen (secondary N) is 1. The first-order chi connectivity index (χ1) is 11.1. The summed E-state index contributed by atoms with van der Waals surface area (Å²) in [7, 11) is 0. The molecule has 3 rings (SSSR count). The minimum atomic E-state index is -0.178. The van der Waals surface area contributed by atoms with Gasteiger partial charge in [0.2, 0.25) is 0 Å². The zero-order chi connectivity index (χ0) is 16.2. The number of hydrogen-bond acceptors (Lipinski definition) is 2. The minimum Gasteiger partial charge on any atom is -0.314 e. The highest BCUT2D eigenvalue weighted by molar-refractivity contribution is 5.34. The first-order valence-corrected chi connectivity index (χ1v) is 8.45. The molecule has 1 aliphatic heterocycles. The Bertz CT molecular complexity index is 613. The van der Waals surface area contributed by atoms with E-state index in [1.165, 1.54) is 11.1 Å². The highest BCUT2D eigenvalue weighted by Crippen LogP contribution is 2.30. The van der Waals surface area contributed by atoms with Crippen LogP contribution in [0.2, 0.25) is 0 Å². The molecule has 1 saturated heterocycles. The lowest BCUT2D eigenvalue weighted by Gasteiger charge is -2.35. The molecule has 122 valence electrons. The van der Waals surface area contributed by atoms with Crippen molar-refractivity contribution in [1.29, 1.82) is 0 Å². The van der Waals surface area contributed by atoms with Crippen molar-refractivity contribution in [3.05, 3.63) is 71.0 Å². The van der Waals surface area contributed by atoms with E-state index in [2.05, 4.69) is 48.3 Å². The van der Waals surface area contributed by atoms with Gasteiger partial charge in [0.25, 0.3) is 0 Å². The Labute approximate surface area is 138 Å². The Morgan fingerprint density at radius 2 is 1.30 bits per heavy atom. The van der Waals surface area contributed by atoms with Crippen LogP contribution in [0.5, 0.6) is 0 Å². The van der Waals surface area contributed by atoms with Gasteiger partial charge in [0.1, 0.15) is 5.82 Å². The van der Waals surface area contributed by atoms with Crippen LogP contribution in [0.15, 0.2) is 48.5 Å². The number of hydrogen-bond donors (Lipinski definition) is 1. The molecule has 0 amide bonds. The average molecular weight is 312 g/mol. The summed E-state index contributed by atoms with van der Waals surface area (Å²) in [4.78, 5) is 2.48. The van der Waals surface area contributed by atoms with Gasteiger partial charge in [-0.05, 0) is 34.7 Å². The summed E-state index contributed by atoms with van der Waals surface area (Å²) in [5.41, 5.74) is 3.79. The summed E-state index contributed by atoms with van der Waals surface area (Å²) in [6.45, 7) is 8.44. The van der Waals surface area contributed by atoms with E-state index >= 15 is 0 Å². The molecule has 2 nitrogen and oxygen atoms in total. The second kappa shape index (κ2) is 7.24. The molecule has 1 unspecified atom stereocenters. The molecule has 0 bridgehead atoms. The van der Waals surface area contributed by atoms with Crippen LogP contribution in [0.3, 0.4) is 0 Å². The van der Waals surface area contributed by atoms with Crippen LogP contribution in [-0.4, -0.2) is 31.1 Å². The highest BCUT2D eigenvalue weighted by Gasteiger charge is 2.23. The Morgan fingerprint density at radius 1 is 0.826 bits per heavy atom. The molecule has 23 heavy (non-hydrogen) atoms. The Morgan fingerprint density at radius 3 is 1.83 bits per heavy atom. The summed E-state index contributed by atoms with van der Waals surface area (Å²) < 4.78 is 13.3. The molecular weight excluding hydrogens is 287 g/mol. The van der Waals surface area contributed by atoms with E-state index in [0.717, 1.165) is 31.7 Å². The van der Waals surface area contributed by atoms with Gasteiger partial charge >= 0.3 is 0 Å². The maximum absolute atomic E-state index is 13.3. The fourth-order valence-electron chi connectivity index (χ4n) is 3.26. The molecule has 0 saturated carbocycles. The lowest BCUT2D eigenvalue weighted by Crippen LogP contribution is -2.45. The molecule has 1 N–H and O–H groups in total. The van der Waals surface area contributed by atoms with Gasteiger partial charge < -0.3 is 5.32 Å². The van der Waals surface area contributed by atoms with Gasteiger partial charge in [0.05, 0.1) is 6.04 Å². The van der Waals surface area contributed by atoms with Gasteiger partial charge in [-0.15, -0.1) is 0 Å². The standard InChI is InChI=1S/C20H25FN2/c1-15(2)16-3-5-17(6-4-16)20(23-13-11-22-12-14-23)18-7-9-19(21)10-8-18/h3-10,15,20,22H,11-14H2,1-2H3. The lowest BCUT2D eigenvalue weighted by atomic mass is 9.93. The van der Waals surface area contributed by atoms with Gasteiger partial charge in [0.15, 0.2) is 0 Å². The fourth-order valence-corrected chi connectivity index (χ4v) is 3.26. The molecular formula is C20H25FN2. The molecule has 1 heterocycles. The van der Waals surface area contributed by atoms with Gasteiger partial charge in [-0.2, -0.15) is 0 Å². The van der Waals surface area contributed by atoms with E-state index < -0.39 is 0 Å². The van der Waals surface area contributed by atoms with Crippen molar-refractivity contribution in [2.24, 2.45) is 0 Å². The van der Waals surface area contributed by atoms with E-state index in [0.29, 0.717) is 5.92 Å². The van der Waals surface area contributed by atoms with Crippen LogP contribution in [0, 0.1) is 5.82 Å². The number of benzene rings is 2. The third-order valence-electron chi connectivity index (χ3n) is 4.62. The van der Waals surface area contributed by atoms with E-state index in [9.17, 15) is 4.39 Å². The van der Waals surface area contributed by atoms with Gasteiger partial charge in [-0.1, -0.05) is 50.2 Å². The third kappa shape index (κ3) is 3.80. The van der Waals surface area contributed by atoms with Crippen molar-refractivity contribution in [2.75, 3.05) is 26.2 Å². The molecule has 2 aromatic carbocycles. The molecule has 1 aliphatic rings. The summed E-state index contributed by atoms with van der Waals surface area (Å²) in [5.74, 6) is 0.357. The van der Waals surface area contributed by atoms with Crippen molar-refractivity contribution in [1.82, 2.24) is 10.2 Å². The second-order valence-electron chi connectivity index (χ2n) is 6.56. The SMILES string of the molecule is CC(C)c1ccc(C(c2ccc(F)cc2)N2CCNCC2)cc1. The van der Waals surface area contributed by atoms with E-state index in [-0.39, 0.29) is 11.9 Å². The van der Waals surface area contributed by atoms with Gasteiger partial charge in [-0.25, -0.2) is 4.39 Å². The topological polar surface area (TPSA) is 15.3 Å². The summed E-state index contributed by atoms with van der Waals surface area (Å²) in [5, 5.41) is 3.40. The third-order valence-corrected chi connectivity index (χ3v) is 4.62. The molecule has 0 radical (unpaired) electrons. The summed E-state index contributed by atoms with van der Waals surface area (Å²) in [6, 6.07) is 16.0. The number of halogens is 1. The second-order valence-corrected chi connectivity index (χ2v) is 6.56. The molecule has 0 spiro atoms. The summed E-state index contributed by atoms with van der Waals surface area (Å²) >= 11 is 0. The molecule has 1 fully saturated rings. The monoisotopic (exact) mass is 312 g/mol. The average Bonchev–Trinajstić information content (AvgIpc) is 2.58. The predicted octanol–water partition coefficient (Wildman–Crippen LogP) is 3.94. The first kappa shape index (κ1) is 16.2. The largest absolute Gasteiger partial charge is 0.314 e. The molecule has 2 aromatic rings. The molecule has 0 aromatic heterocycles. The molecule has 3 heteroatoms. The normalized spacial score (nSPS) is 17.4. The van der Waals surface area contributed by atoms with Crippen molar-refractivity contribution in [3.63, 3.8) is 0 Å². The molecule has 0 aliphatic carbocycles. The van der Waals surface area contributed by atoms with Crippen LogP contribution in [0.4, 0.5) is 4.39 Å². The number of rotatable bonds is 4. The fraction of sp³-hybridized carbons (Fsp3) is 0.400. The minimum absolute atomic E-state index is 0.178. The summed E-state index contributed by atoms with van der Waals surface area (Å²) in [6.07, 6.45) is 0. The van der Waals surface area contributed by atoms with E-state index in [1.54, 1.807) is 12.1 Å². The van der Waals surface area contributed by atoms with Crippen molar-refractivity contribution in [2.45, 2.75) is 25.8 Å². The Balaban J connectivity index is 1.95. The predicted molar refractivity (Wildman–Crippen MR) is 93.2 cm³/mol. The molecule has 1 atom stereocenters. The smallest absolute Gasteiger partial charge is 0.123 e. The quantitative estimate of drug-likeness (QED) is 0.920. The van der Waals surface area contributed by atoms with E-state index in [1.807, 2.05) is 12.1 Å². The van der Waals surface area contributed by atoms with Crippen LogP contribution < -0.4 is 5.32 Å². The maximum Gasteiger partial charge on any atom is 0.123 e. The number of nitrogens with zero attached hydrogens (tertiary/aromatic N) is 1. The van der Waals surface area contributed by atoms with Gasteiger partial charge in [-0.3, -0.25) is 4.90 Å². The first-order valence-electron chi connectivity index (χ1n) is 8.45. The number of piperazine rings is 1. The van der Waals surface area contributed by atoms with Crippen molar-refractivity contribution >= 4 is 0 Å².